The third-order valence-corrected chi connectivity index (χ3v) is 4.23. The van der Waals surface area contributed by atoms with E-state index in [2.05, 4.69) is 26.0 Å². The fourth-order valence-corrected chi connectivity index (χ4v) is 3.16. The molecule has 0 unspecified atom stereocenters. The molecule has 0 N–H and O–H groups in total. The summed E-state index contributed by atoms with van der Waals surface area (Å²) in [7, 11) is 0. The number of nitrogens with zero attached hydrogens (tertiary/aromatic N) is 3. The molecule has 4 nitrogen and oxygen atoms in total. The number of amides is 1. The van der Waals surface area contributed by atoms with Crippen LogP contribution < -0.4 is 5.01 Å². The van der Waals surface area contributed by atoms with Gasteiger partial charge < -0.3 is 0 Å². The highest BCUT2D eigenvalue weighted by Gasteiger charge is 2.26. The maximum atomic E-state index is 12.3. The summed E-state index contributed by atoms with van der Waals surface area (Å²) in [4.78, 5) is 17.0. The number of carbonyl (C=O) groups excluding carboxylic acids is 1. The first-order chi connectivity index (χ1) is 10.6. The van der Waals surface area contributed by atoms with Crippen LogP contribution in [0.15, 0.2) is 52.0 Å². The lowest BCUT2D eigenvalue weighted by atomic mass is 10.1. The summed E-state index contributed by atoms with van der Waals surface area (Å²) in [5.74, 6) is -0.00451. The van der Waals surface area contributed by atoms with Gasteiger partial charge in [0.25, 0.3) is 5.91 Å². The van der Waals surface area contributed by atoms with E-state index in [-0.39, 0.29) is 5.91 Å². The van der Waals surface area contributed by atoms with Gasteiger partial charge in [-0.05, 0) is 31.2 Å². The molecule has 5 heteroatoms. The van der Waals surface area contributed by atoms with Crippen LogP contribution in [0.4, 0.5) is 5.69 Å². The third kappa shape index (κ3) is 2.01. The predicted molar refractivity (Wildman–Crippen MR) is 92.2 cm³/mol. The van der Waals surface area contributed by atoms with Crippen molar-refractivity contribution in [1.82, 2.24) is 4.98 Å². The molecule has 3 aromatic rings. The van der Waals surface area contributed by atoms with Crippen LogP contribution in [0, 0.1) is 0 Å². The molecule has 0 saturated carbocycles. The Bertz CT molecular complexity index is 965. The minimum absolute atomic E-state index is 0.00451. The molecule has 0 bridgehead atoms. The Morgan fingerprint density at radius 3 is 2.64 bits per heavy atom. The van der Waals surface area contributed by atoms with Gasteiger partial charge in [0.15, 0.2) is 0 Å². The average molecular weight is 354 g/mol. The van der Waals surface area contributed by atoms with Crippen LogP contribution in [0.5, 0.6) is 0 Å². The smallest absolute Gasteiger partial charge is 0.253 e. The van der Waals surface area contributed by atoms with E-state index in [0.717, 1.165) is 37.7 Å². The van der Waals surface area contributed by atoms with Gasteiger partial charge >= 0.3 is 0 Å². The Morgan fingerprint density at radius 1 is 1.09 bits per heavy atom. The summed E-state index contributed by atoms with van der Waals surface area (Å²) in [6, 6.07) is 13.7. The van der Waals surface area contributed by atoms with Crippen LogP contribution in [-0.2, 0) is 4.79 Å². The van der Waals surface area contributed by atoms with Gasteiger partial charge in [-0.3, -0.25) is 4.79 Å². The molecule has 1 aliphatic rings. The van der Waals surface area contributed by atoms with E-state index >= 15 is 0 Å². The van der Waals surface area contributed by atoms with Gasteiger partial charge in [0.2, 0.25) is 0 Å². The molecule has 0 fully saturated rings. The van der Waals surface area contributed by atoms with Gasteiger partial charge in [-0.25, -0.2) is 4.98 Å². The molecule has 0 saturated heterocycles. The van der Waals surface area contributed by atoms with Crippen molar-refractivity contribution in [3.63, 3.8) is 0 Å². The maximum Gasteiger partial charge on any atom is 0.253 e. The number of halogens is 1. The number of benzene rings is 2. The standard InChI is InChI=1S/C17H12BrN3O/c1-10-8-16(22)21(20-10)17-12-4-2-3-5-14(12)19-15-7-6-11(18)9-13(15)17/h2-7,9H,8H2,1H3. The van der Waals surface area contributed by atoms with Crippen LogP contribution in [0.3, 0.4) is 0 Å². The largest absolute Gasteiger partial charge is 0.272 e. The van der Waals surface area contributed by atoms with E-state index < -0.39 is 0 Å². The summed E-state index contributed by atoms with van der Waals surface area (Å²) in [6.07, 6.45) is 0.367. The number of hydrazone groups is 1. The molecular weight excluding hydrogens is 342 g/mol. The van der Waals surface area contributed by atoms with Gasteiger partial charge in [0.1, 0.15) is 0 Å². The molecule has 2 aromatic carbocycles. The van der Waals surface area contributed by atoms with Crippen molar-refractivity contribution in [3.8, 4) is 0 Å². The molecule has 1 aromatic heterocycles. The molecule has 4 rings (SSSR count). The van der Waals surface area contributed by atoms with Crippen LogP contribution in [0.2, 0.25) is 0 Å². The Hall–Kier alpha value is -2.27. The third-order valence-electron chi connectivity index (χ3n) is 3.74. The molecule has 0 radical (unpaired) electrons. The van der Waals surface area contributed by atoms with Crippen molar-refractivity contribution >= 4 is 55.0 Å². The van der Waals surface area contributed by atoms with Crippen LogP contribution in [0.1, 0.15) is 13.3 Å². The maximum absolute atomic E-state index is 12.3. The van der Waals surface area contributed by atoms with Crippen molar-refractivity contribution in [2.24, 2.45) is 5.10 Å². The predicted octanol–water partition coefficient (Wildman–Crippen LogP) is 4.26. The number of fused-ring (bicyclic) bond motifs is 2. The molecular formula is C17H12BrN3O. The fraction of sp³-hybridized carbons (Fsp3) is 0.118. The molecule has 22 heavy (non-hydrogen) atoms. The summed E-state index contributed by atoms with van der Waals surface area (Å²) in [5, 5.41) is 7.80. The summed E-state index contributed by atoms with van der Waals surface area (Å²) in [6.45, 7) is 1.87. The van der Waals surface area contributed by atoms with Crippen molar-refractivity contribution in [2.75, 3.05) is 5.01 Å². The minimum atomic E-state index is -0.00451. The first kappa shape index (κ1) is 13.4. The van der Waals surface area contributed by atoms with E-state index in [1.165, 1.54) is 5.01 Å². The van der Waals surface area contributed by atoms with Crippen molar-refractivity contribution in [2.45, 2.75) is 13.3 Å². The number of carbonyl (C=O) groups is 1. The minimum Gasteiger partial charge on any atom is -0.272 e. The highest BCUT2D eigenvalue weighted by Crippen LogP contribution is 2.36. The number of pyridine rings is 1. The summed E-state index contributed by atoms with van der Waals surface area (Å²) < 4.78 is 0.950. The highest BCUT2D eigenvalue weighted by molar-refractivity contribution is 9.10. The second kappa shape index (κ2) is 4.88. The normalized spacial score (nSPS) is 14.9. The Kier molecular flexibility index (Phi) is 2.97. The molecule has 2 heterocycles. The zero-order chi connectivity index (χ0) is 15.3. The topological polar surface area (TPSA) is 45.6 Å². The van der Waals surface area contributed by atoms with Gasteiger partial charge in [0, 0.05) is 21.0 Å². The van der Waals surface area contributed by atoms with E-state index in [0.29, 0.717) is 6.42 Å². The van der Waals surface area contributed by atoms with E-state index in [4.69, 9.17) is 0 Å². The highest BCUT2D eigenvalue weighted by atomic mass is 79.9. The van der Waals surface area contributed by atoms with Crippen LogP contribution in [0.25, 0.3) is 21.8 Å². The van der Waals surface area contributed by atoms with Crippen molar-refractivity contribution < 1.29 is 4.79 Å². The van der Waals surface area contributed by atoms with E-state index in [9.17, 15) is 4.79 Å². The van der Waals surface area contributed by atoms with Crippen molar-refractivity contribution in [3.05, 3.63) is 46.9 Å². The number of hydrogen-bond acceptors (Lipinski definition) is 3. The Morgan fingerprint density at radius 2 is 1.86 bits per heavy atom. The number of hydrogen-bond donors (Lipinski definition) is 0. The van der Waals surface area contributed by atoms with Gasteiger partial charge in [-0.15, -0.1) is 0 Å². The van der Waals surface area contributed by atoms with E-state index in [1.807, 2.05) is 49.4 Å². The molecule has 0 atom stereocenters. The Labute approximate surface area is 135 Å². The van der Waals surface area contributed by atoms with Gasteiger partial charge in [-0.1, -0.05) is 34.1 Å². The lowest BCUT2D eigenvalue weighted by molar-refractivity contribution is -0.116. The second-order valence-corrected chi connectivity index (χ2v) is 6.27. The first-order valence-corrected chi connectivity index (χ1v) is 7.78. The van der Waals surface area contributed by atoms with Gasteiger partial charge in [0.05, 0.1) is 23.1 Å². The average Bonchev–Trinajstić information content (AvgIpc) is 2.83. The molecule has 1 amide bonds. The lowest BCUT2D eigenvalue weighted by Crippen LogP contribution is -2.20. The summed E-state index contributed by atoms with van der Waals surface area (Å²) >= 11 is 3.50. The molecule has 108 valence electrons. The Balaban J connectivity index is 2.16. The SMILES string of the molecule is CC1=NN(c2c3ccccc3nc3ccc(Br)cc23)C(=O)C1. The quantitative estimate of drug-likeness (QED) is 0.613. The lowest BCUT2D eigenvalue weighted by Gasteiger charge is -2.17. The molecule has 0 spiro atoms. The van der Waals surface area contributed by atoms with Crippen LogP contribution >= 0.6 is 15.9 Å². The zero-order valence-corrected chi connectivity index (χ0v) is 13.5. The monoisotopic (exact) mass is 353 g/mol. The van der Waals surface area contributed by atoms with Gasteiger partial charge in [-0.2, -0.15) is 10.1 Å². The fourth-order valence-electron chi connectivity index (χ4n) is 2.80. The number of anilines is 1. The number of aromatic nitrogens is 1. The number of rotatable bonds is 1. The second-order valence-electron chi connectivity index (χ2n) is 5.36. The van der Waals surface area contributed by atoms with Crippen LogP contribution in [-0.4, -0.2) is 16.6 Å². The number of para-hydroxylation sites is 1. The van der Waals surface area contributed by atoms with Crippen molar-refractivity contribution in [1.29, 1.82) is 0 Å². The zero-order valence-electron chi connectivity index (χ0n) is 11.9. The van der Waals surface area contributed by atoms with E-state index in [1.54, 1.807) is 0 Å². The summed E-state index contributed by atoms with van der Waals surface area (Å²) in [5.41, 5.74) is 3.35. The first-order valence-electron chi connectivity index (χ1n) is 6.98. The molecule has 0 aliphatic carbocycles. The molecule has 1 aliphatic heterocycles.